The Morgan fingerprint density at radius 2 is 2.15 bits per heavy atom. The average molecular weight is 318 g/mol. The molecule has 0 bridgehead atoms. The van der Waals surface area contributed by atoms with Gasteiger partial charge in [-0.25, -0.2) is 4.98 Å². The maximum Gasteiger partial charge on any atom is 0.270 e. The molecule has 1 aromatic heterocycles. The highest BCUT2D eigenvalue weighted by Gasteiger charge is 2.14. The number of carbonyl (C=O) groups excluding carboxylic acids is 1. The van der Waals surface area contributed by atoms with Crippen molar-refractivity contribution in [3.63, 3.8) is 0 Å². The van der Waals surface area contributed by atoms with Crippen molar-refractivity contribution in [2.75, 3.05) is 13.1 Å². The second-order valence-electron chi connectivity index (χ2n) is 5.21. The summed E-state index contributed by atoms with van der Waals surface area (Å²) in [5.74, 6) is 0.757. The zero-order chi connectivity index (χ0) is 13.5. The molecule has 1 fully saturated rings. The van der Waals surface area contributed by atoms with Gasteiger partial charge in [-0.1, -0.05) is 32.1 Å². The Bertz CT molecular complexity index is 405. The van der Waals surface area contributed by atoms with E-state index in [1.807, 2.05) is 5.38 Å². The number of nitrogens with zero attached hydrogens (tertiary/aromatic N) is 1. The maximum absolute atomic E-state index is 11.9. The Hall–Kier alpha value is -0.650. The van der Waals surface area contributed by atoms with E-state index in [-0.39, 0.29) is 18.3 Å². The van der Waals surface area contributed by atoms with Gasteiger partial charge in [-0.3, -0.25) is 4.79 Å². The third-order valence-corrected chi connectivity index (χ3v) is 4.61. The van der Waals surface area contributed by atoms with E-state index in [1.165, 1.54) is 43.4 Å². The zero-order valence-corrected chi connectivity index (χ0v) is 13.4. The highest BCUT2D eigenvalue weighted by atomic mass is 35.5. The summed E-state index contributed by atoms with van der Waals surface area (Å²) < 4.78 is 0. The summed E-state index contributed by atoms with van der Waals surface area (Å²) in [6, 6.07) is 0. The number of halogens is 1. The number of hydrogen-bond acceptors (Lipinski definition) is 4. The lowest BCUT2D eigenvalue weighted by atomic mass is 9.87. The van der Waals surface area contributed by atoms with Crippen LogP contribution in [0.3, 0.4) is 0 Å². The molecular weight excluding hydrogens is 294 g/mol. The van der Waals surface area contributed by atoms with E-state index in [9.17, 15) is 4.79 Å². The first-order valence-electron chi connectivity index (χ1n) is 7.22. The molecule has 0 atom stereocenters. The molecule has 3 N–H and O–H groups in total. The molecule has 0 aromatic carbocycles. The summed E-state index contributed by atoms with van der Waals surface area (Å²) in [6.07, 6.45) is 8.60. The number of thiazole rings is 1. The van der Waals surface area contributed by atoms with Crippen LogP contribution in [0.15, 0.2) is 5.38 Å². The predicted molar refractivity (Wildman–Crippen MR) is 85.6 cm³/mol. The maximum atomic E-state index is 11.9. The van der Waals surface area contributed by atoms with Crippen LogP contribution in [0.2, 0.25) is 0 Å². The molecule has 114 valence electrons. The van der Waals surface area contributed by atoms with E-state index in [4.69, 9.17) is 5.73 Å². The second-order valence-corrected chi connectivity index (χ2v) is 6.16. The normalized spacial score (nSPS) is 15.7. The van der Waals surface area contributed by atoms with Crippen molar-refractivity contribution in [3.8, 4) is 0 Å². The van der Waals surface area contributed by atoms with E-state index in [0.29, 0.717) is 12.2 Å². The van der Waals surface area contributed by atoms with E-state index in [0.717, 1.165) is 30.3 Å². The lowest BCUT2D eigenvalue weighted by Crippen LogP contribution is -2.26. The number of nitrogens with one attached hydrogen (secondary N) is 1. The average Bonchev–Trinajstić information content (AvgIpc) is 2.89. The predicted octanol–water partition coefficient (Wildman–Crippen LogP) is 2.77. The SMILES string of the molecule is Cl.NCCc1nc(C(=O)NCCC2CCCCC2)cs1. The largest absolute Gasteiger partial charge is 0.351 e. The highest BCUT2D eigenvalue weighted by molar-refractivity contribution is 7.09. The van der Waals surface area contributed by atoms with Crippen molar-refractivity contribution >= 4 is 29.7 Å². The van der Waals surface area contributed by atoms with Gasteiger partial charge in [0.15, 0.2) is 0 Å². The van der Waals surface area contributed by atoms with Crippen LogP contribution in [0.25, 0.3) is 0 Å². The Kier molecular flexibility index (Phi) is 8.11. The van der Waals surface area contributed by atoms with Crippen molar-refractivity contribution in [1.29, 1.82) is 0 Å². The van der Waals surface area contributed by atoms with E-state index < -0.39 is 0 Å². The number of amides is 1. The summed E-state index contributed by atoms with van der Waals surface area (Å²) >= 11 is 1.51. The summed E-state index contributed by atoms with van der Waals surface area (Å²) in [7, 11) is 0. The third-order valence-electron chi connectivity index (χ3n) is 3.71. The minimum atomic E-state index is -0.0460. The summed E-state index contributed by atoms with van der Waals surface area (Å²) in [5, 5.41) is 5.74. The zero-order valence-electron chi connectivity index (χ0n) is 11.8. The second kappa shape index (κ2) is 9.32. The number of nitrogens with two attached hydrogens (primary N) is 1. The van der Waals surface area contributed by atoms with Gasteiger partial charge >= 0.3 is 0 Å². The molecule has 0 unspecified atom stereocenters. The molecule has 0 saturated heterocycles. The lowest BCUT2D eigenvalue weighted by molar-refractivity contribution is 0.0946. The van der Waals surface area contributed by atoms with Gasteiger partial charge in [0.1, 0.15) is 5.69 Å². The fourth-order valence-electron chi connectivity index (χ4n) is 2.61. The Morgan fingerprint density at radius 3 is 2.85 bits per heavy atom. The first-order valence-corrected chi connectivity index (χ1v) is 8.10. The van der Waals surface area contributed by atoms with Crippen LogP contribution in [0, 0.1) is 5.92 Å². The molecule has 6 heteroatoms. The Balaban J connectivity index is 0.00000200. The molecule has 20 heavy (non-hydrogen) atoms. The van der Waals surface area contributed by atoms with Gasteiger partial charge in [-0.05, 0) is 18.9 Å². The first kappa shape index (κ1) is 17.4. The summed E-state index contributed by atoms with van der Waals surface area (Å²) in [6.45, 7) is 1.35. The molecule has 1 aliphatic carbocycles. The monoisotopic (exact) mass is 317 g/mol. The molecular formula is C14H24ClN3OS. The van der Waals surface area contributed by atoms with Gasteiger partial charge in [0.25, 0.3) is 5.91 Å². The van der Waals surface area contributed by atoms with Crippen molar-refractivity contribution in [3.05, 3.63) is 16.1 Å². The fraction of sp³-hybridized carbons (Fsp3) is 0.714. The molecule has 1 heterocycles. The molecule has 0 aliphatic heterocycles. The van der Waals surface area contributed by atoms with Crippen molar-refractivity contribution in [2.45, 2.75) is 44.9 Å². The molecule has 1 aromatic rings. The summed E-state index contributed by atoms with van der Waals surface area (Å²) in [5.41, 5.74) is 6.01. The number of aromatic nitrogens is 1. The molecule has 1 saturated carbocycles. The Morgan fingerprint density at radius 1 is 1.40 bits per heavy atom. The van der Waals surface area contributed by atoms with Crippen LogP contribution in [0.5, 0.6) is 0 Å². The van der Waals surface area contributed by atoms with Gasteiger partial charge in [-0.15, -0.1) is 23.7 Å². The molecule has 1 amide bonds. The van der Waals surface area contributed by atoms with Crippen LogP contribution in [0.1, 0.15) is 54.0 Å². The van der Waals surface area contributed by atoms with Gasteiger partial charge < -0.3 is 11.1 Å². The van der Waals surface area contributed by atoms with E-state index >= 15 is 0 Å². The number of carbonyl (C=O) groups is 1. The van der Waals surface area contributed by atoms with Gasteiger partial charge in [0.05, 0.1) is 5.01 Å². The minimum Gasteiger partial charge on any atom is -0.351 e. The minimum absolute atomic E-state index is 0. The van der Waals surface area contributed by atoms with E-state index in [2.05, 4.69) is 10.3 Å². The topological polar surface area (TPSA) is 68.0 Å². The van der Waals surface area contributed by atoms with Gasteiger partial charge in [-0.2, -0.15) is 0 Å². The fourth-order valence-corrected chi connectivity index (χ4v) is 3.40. The first-order chi connectivity index (χ1) is 9.29. The molecule has 2 rings (SSSR count). The molecule has 4 nitrogen and oxygen atoms in total. The van der Waals surface area contributed by atoms with Gasteiger partial charge in [0, 0.05) is 18.3 Å². The standard InChI is InChI=1S/C14H23N3OS.ClH/c15-8-6-13-17-12(10-19-13)14(18)16-9-7-11-4-2-1-3-5-11;/h10-11H,1-9,15H2,(H,16,18);1H. The summed E-state index contributed by atoms with van der Waals surface area (Å²) in [4.78, 5) is 16.2. The lowest BCUT2D eigenvalue weighted by Gasteiger charge is -2.21. The van der Waals surface area contributed by atoms with Crippen molar-refractivity contribution in [1.82, 2.24) is 10.3 Å². The van der Waals surface area contributed by atoms with Crippen LogP contribution in [0.4, 0.5) is 0 Å². The quantitative estimate of drug-likeness (QED) is 0.847. The highest BCUT2D eigenvalue weighted by Crippen LogP contribution is 2.25. The number of rotatable bonds is 6. The molecule has 0 radical (unpaired) electrons. The van der Waals surface area contributed by atoms with E-state index in [1.54, 1.807) is 0 Å². The smallest absolute Gasteiger partial charge is 0.270 e. The van der Waals surface area contributed by atoms with Crippen LogP contribution in [-0.4, -0.2) is 24.0 Å². The molecule has 1 aliphatic rings. The van der Waals surface area contributed by atoms with Crippen LogP contribution >= 0.6 is 23.7 Å². The Labute approximate surface area is 131 Å². The third kappa shape index (κ3) is 5.38. The number of hydrogen-bond donors (Lipinski definition) is 2. The van der Waals surface area contributed by atoms with Crippen molar-refractivity contribution < 1.29 is 4.79 Å². The van der Waals surface area contributed by atoms with Crippen LogP contribution in [-0.2, 0) is 6.42 Å². The van der Waals surface area contributed by atoms with Crippen LogP contribution < -0.4 is 11.1 Å². The van der Waals surface area contributed by atoms with Crippen molar-refractivity contribution in [2.24, 2.45) is 11.7 Å². The molecule has 0 spiro atoms. The van der Waals surface area contributed by atoms with Gasteiger partial charge in [0.2, 0.25) is 0 Å².